The fourth-order valence-electron chi connectivity index (χ4n) is 3.72. The van der Waals surface area contributed by atoms with Crippen molar-refractivity contribution in [2.24, 2.45) is 19.1 Å². The lowest BCUT2D eigenvalue weighted by Gasteiger charge is -2.13. The highest BCUT2D eigenvalue weighted by atomic mass is 79.9. The molecule has 180 valence electrons. The largest absolute Gasteiger partial charge is 0.493 e. The summed E-state index contributed by atoms with van der Waals surface area (Å²) in [5.74, 6) is -0.692. The maximum Gasteiger partial charge on any atom is 0.335 e. The summed E-state index contributed by atoms with van der Waals surface area (Å²) in [5, 5.41) is 22.5. The summed E-state index contributed by atoms with van der Waals surface area (Å²) in [4.78, 5) is 54.5. The van der Waals surface area contributed by atoms with E-state index in [0.29, 0.717) is 15.5 Å². The smallest absolute Gasteiger partial charge is 0.335 e. The zero-order valence-electron chi connectivity index (χ0n) is 19.0. The number of aryl methyl sites for hydroxylation is 4. The first-order chi connectivity index (χ1) is 16.4. The molecular weight excluding hydrogens is 524 g/mol. The minimum absolute atomic E-state index is 0.146. The van der Waals surface area contributed by atoms with Crippen molar-refractivity contribution in [2.75, 3.05) is 0 Å². The molecule has 0 saturated heterocycles. The first kappa shape index (κ1) is 23.9. The molecule has 0 amide bonds. The van der Waals surface area contributed by atoms with E-state index >= 15 is 0 Å². The Kier molecular flexibility index (Phi) is 5.80. The minimum atomic E-state index is -0.928. The number of halogens is 1. The second-order valence-electron chi connectivity index (χ2n) is 7.97. The van der Waals surface area contributed by atoms with Gasteiger partial charge in [-0.3, -0.25) is 29.0 Å². The van der Waals surface area contributed by atoms with Crippen molar-refractivity contribution in [3.63, 3.8) is 0 Å². The van der Waals surface area contributed by atoms with Crippen LogP contribution in [0.15, 0.2) is 48.1 Å². The van der Waals surface area contributed by atoms with Crippen molar-refractivity contribution in [3.8, 4) is 11.6 Å². The van der Waals surface area contributed by atoms with Gasteiger partial charge in [-0.2, -0.15) is 0 Å². The highest BCUT2D eigenvalue weighted by molar-refractivity contribution is 9.10. The van der Waals surface area contributed by atoms with Crippen molar-refractivity contribution in [1.82, 2.24) is 18.7 Å². The maximum atomic E-state index is 12.6. The molecule has 2 aromatic carbocycles. The summed E-state index contributed by atoms with van der Waals surface area (Å²) < 4.78 is 3.97. The van der Waals surface area contributed by atoms with Gasteiger partial charge in [-0.15, -0.1) is 0 Å². The third-order valence-electron chi connectivity index (χ3n) is 5.82. The lowest BCUT2D eigenvalue weighted by atomic mass is 10.1. The Morgan fingerprint density at radius 2 is 1.66 bits per heavy atom. The van der Waals surface area contributed by atoms with Crippen LogP contribution in [0.1, 0.15) is 16.7 Å². The van der Waals surface area contributed by atoms with Crippen LogP contribution in [0.5, 0.6) is 5.88 Å². The number of nitrogens with one attached hydrogen (secondary N) is 1. The Balaban J connectivity index is 1.94. The molecule has 35 heavy (non-hydrogen) atoms. The van der Waals surface area contributed by atoms with Crippen LogP contribution in [0.4, 0.5) is 11.4 Å². The number of aromatic hydroxyl groups is 1. The Hall–Kier alpha value is -4.26. The van der Waals surface area contributed by atoms with Gasteiger partial charge >= 0.3 is 11.4 Å². The van der Waals surface area contributed by atoms with E-state index in [1.165, 1.54) is 35.4 Å². The SMILES string of the molecule is Cc1cc(Br)c(-n2c(O)c(C=Nc3cc4c(cc3[N+](=O)[O-])n(C)c(=O)n4C)c(=O)[nH]c2=O)cc1C. The molecule has 0 spiro atoms. The van der Waals surface area contributed by atoms with E-state index in [9.17, 15) is 29.6 Å². The van der Waals surface area contributed by atoms with E-state index in [-0.39, 0.29) is 22.6 Å². The maximum absolute atomic E-state index is 12.6. The lowest BCUT2D eigenvalue weighted by molar-refractivity contribution is -0.383. The molecule has 0 fully saturated rings. The summed E-state index contributed by atoms with van der Waals surface area (Å²) >= 11 is 3.37. The number of aromatic amines is 1. The zero-order valence-corrected chi connectivity index (χ0v) is 20.6. The van der Waals surface area contributed by atoms with E-state index in [2.05, 4.69) is 25.9 Å². The molecule has 4 aromatic rings. The number of fused-ring (bicyclic) bond motifs is 1. The van der Waals surface area contributed by atoms with Crippen molar-refractivity contribution in [2.45, 2.75) is 13.8 Å². The molecule has 12 nitrogen and oxygen atoms in total. The minimum Gasteiger partial charge on any atom is -0.493 e. The highest BCUT2D eigenvalue weighted by Gasteiger charge is 2.21. The van der Waals surface area contributed by atoms with Gasteiger partial charge < -0.3 is 5.11 Å². The Bertz CT molecular complexity index is 1760. The molecular formula is C22H19BrN6O6. The molecule has 2 N–H and O–H groups in total. The van der Waals surface area contributed by atoms with Gasteiger partial charge in [0.2, 0.25) is 5.88 Å². The number of nitrogens with zero attached hydrogens (tertiary/aromatic N) is 5. The number of benzene rings is 2. The topological polar surface area (TPSA) is 158 Å². The van der Waals surface area contributed by atoms with Crippen LogP contribution in [-0.4, -0.2) is 34.9 Å². The first-order valence-corrected chi connectivity index (χ1v) is 10.9. The Labute approximate surface area is 204 Å². The van der Waals surface area contributed by atoms with E-state index < -0.39 is 27.7 Å². The van der Waals surface area contributed by atoms with Crippen molar-refractivity contribution < 1.29 is 10.0 Å². The van der Waals surface area contributed by atoms with Gasteiger partial charge in [0, 0.05) is 30.8 Å². The monoisotopic (exact) mass is 542 g/mol. The Morgan fingerprint density at radius 1 is 1.06 bits per heavy atom. The number of aliphatic imine (C=N–C) groups is 1. The van der Waals surface area contributed by atoms with Crippen molar-refractivity contribution in [1.29, 1.82) is 0 Å². The third kappa shape index (κ3) is 3.89. The lowest BCUT2D eigenvalue weighted by Crippen LogP contribution is -2.31. The average molecular weight is 543 g/mol. The summed E-state index contributed by atoms with van der Waals surface area (Å²) in [6, 6.07) is 5.97. The fraction of sp³-hybridized carbons (Fsp3) is 0.182. The molecule has 0 bridgehead atoms. The normalized spacial score (nSPS) is 11.6. The number of aromatic nitrogens is 4. The van der Waals surface area contributed by atoms with Gasteiger partial charge in [0.15, 0.2) is 0 Å². The number of nitro groups is 1. The van der Waals surface area contributed by atoms with Crippen molar-refractivity contribution in [3.05, 3.63) is 86.9 Å². The number of nitro benzene ring substituents is 1. The van der Waals surface area contributed by atoms with Gasteiger partial charge in [-0.25, -0.2) is 19.1 Å². The van der Waals surface area contributed by atoms with Gasteiger partial charge in [-0.1, -0.05) is 0 Å². The summed E-state index contributed by atoms with van der Waals surface area (Å²) in [7, 11) is 3.00. The van der Waals surface area contributed by atoms with Crippen LogP contribution in [0.2, 0.25) is 0 Å². The fourth-order valence-corrected chi connectivity index (χ4v) is 4.36. The molecule has 0 radical (unpaired) electrons. The predicted octanol–water partition coefficient (Wildman–Crippen LogP) is 2.46. The average Bonchev–Trinajstić information content (AvgIpc) is 2.99. The molecule has 0 saturated carbocycles. The molecule has 4 rings (SSSR count). The van der Waals surface area contributed by atoms with Crippen LogP contribution >= 0.6 is 15.9 Å². The number of hydrogen-bond donors (Lipinski definition) is 2. The van der Waals surface area contributed by atoms with Crippen molar-refractivity contribution >= 4 is 44.6 Å². The third-order valence-corrected chi connectivity index (χ3v) is 6.46. The molecule has 0 aliphatic rings. The number of H-pyrrole nitrogens is 1. The predicted molar refractivity (Wildman–Crippen MR) is 134 cm³/mol. The van der Waals surface area contributed by atoms with Crippen LogP contribution in [0.3, 0.4) is 0 Å². The Morgan fingerprint density at radius 3 is 2.29 bits per heavy atom. The molecule has 2 heterocycles. The van der Waals surface area contributed by atoms with E-state index in [1.807, 2.05) is 13.8 Å². The zero-order chi connectivity index (χ0) is 25.8. The van der Waals surface area contributed by atoms with Crippen LogP contribution in [0.25, 0.3) is 16.7 Å². The first-order valence-electron chi connectivity index (χ1n) is 10.2. The van der Waals surface area contributed by atoms with E-state index in [4.69, 9.17) is 0 Å². The molecule has 0 unspecified atom stereocenters. The van der Waals surface area contributed by atoms with Crippen LogP contribution in [-0.2, 0) is 14.1 Å². The summed E-state index contributed by atoms with van der Waals surface area (Å²) in [6.07, 6.45) is 0.939. The molecule has 2 aromatic heterocycles. The molecule has 13 heteroatoms. The second-order valence-corrected chi connectivity index (χ2v) is 8.82. The van der Waals surface area contributed by atoms with Crippen LogP contribution < -0.4 is 16.9 Å². The van der Waals surface area contributed by atoms with Crippen LogP contribution in [0, 0.1) is 24.0 Å². The summed E-state index contributed by atoms with van der Waals surface area (Å²) in [5.41, 5.74) is -0.331. The van der Waals surface area contributed by atoms with Gasteiger partial charge in [0.05, 0.1) is 21.6 Å². The van der Waals surface area contributed by atoms with Gasteiger partial charge in [-0.05, 0) is 59.1 Å². The highest BCUT2D eigenvalue weighted by Crippen LogP contribution is 2.32. The second kappa shape index (κ2) is 8.51. The number of imidazole rings is 1. The molecule has 0 aliphatic heterocycles. The van der Waals surface area contributed by atoms with Gasteiger partial charge in [0.1, 0.15) is 11.3 Å². The van der Waals surface area contributed by atoms with E-state index in [0.717, 1.165) is 21.9 Å². The van der Waals surface area contributed by atoms with E-state index in [1.54, 1.807) is 12.1 Å². The quantitative estimate of drug-likeness (QED) is 0.229. The molecule has 0 atom stereocenters. The number of rotatable bonds is 4. The summed E-state index contributed by atoms with van der Waals surface area (Å²) in [6.45, 7) is 3.71. The van der Waals surface area contributed by atoms with Gasteiger partial charge in [0.25, 0.3) is 11.2 Å². The number of hydrogen-bond acceptors (Lipinski definition) is 7. The standard InChI is InChI=1S/C22H19BrN6O6/c1-10-5-13(23)15(6-11(10)2)28-20(31)12(19(30)25-21(28)32)9-24-14-7-17-18(8-16(14)29(34)35)27(4)22(33)26(17)3/h5-9,31H,1-4H3,(H,25,30,32). The molecule has 0 aliphatic carbocycles.